The fraction of sp³-hybridized carbons (Fsp3) is 0.143. The van der Waals surface area contributed by atoms with Crippen LogP contribution in [0.15, 0.2) is 29.2 Å². The molecule has 0 saturated carbocycles. The maximum absolute atomic E-state index is 11.6. The van der Waals surface area contributed by atoms with Crippen LogP contribution in [0.5, 0.6) is 0 Å². The number of thioether (sulfide) groups is 1. The SMILES string of the molecule is FCSc1c[c]ccc1. The van der Waals surface area contributed by atoms with Gasteiger partial charge >= 0.3 is 0 Å². The lowest BCUT2D eigenvalue weighted by Gasteiger charge is -1.91. The highest BCUT2D eigenvalue weighted by atomic mass is 32.2. The van der Waals surface area contributed by atoms with E-state index in [1.165, 1.54) is 11.8 Å². The highest BCUT2D eigenvalue weighted by Gasteiger charge is 1.87. The minimum absolute atomic E-state index is 0.363. The van der Waals surface area contributed by atoms with Crippen LogP contribution in [-0.4, -0.2) is 6.01 Å². The van der Waals surface area contributed by atoms with Crippen LogP contribution in [-0.2, 0) is 0 Å². The largest absolute Gasteiger partial charge is 0.239 e. The lowest BCUT2D eigenvalue weighted by atomic mass is 10.4. The zero-order valence-electron chi connectivity index (χ0n) is 4.80. The first kappa shape index (κ1) is 6.62. The number of alkyl halides is 1. The van der Waals surface area contributed by atoms with E-state index in [1.54, 1.807) is 12.1 Å². The van der Waals surface area contributed by atoms with Gasteiger partial charge in [0.05, 0.1) is 0 Å². The lowest BCUT2D eigenvalue weighted by molar-refractivity contribution is 0.605. The van der Waals surface area contributed by atoms with E-state index >= 15 is 0 Å². The predicted octanol–water partition coefficient (Wildman–Crippen LogP) is 2.51. The number of benzene rings is 1. The minimum Gasteiger partial charge on any atom is -0.239 e. The molecule has 0 aliphatic carbocycles. The number of halogens is 1. The Labute approximate surface area is 58.1 Å². The van der Waals surface area contributed by atoms with E-state index in [9.17, 15) is 4.39 Å². The van der Waals surface area contributed by atoms with Crippen molar-refractivity contribution in [2.45, 2.75) is 4.90 Å². The van der Waals surface area contributed by atoms with Crippen LogP contribution in [0.25, 0.3) is 0 Å². The van der Waals surface area contributed by atoms with Crippen molar-refractivity contribution in [3.63, 3.8) is 0 Å². The van der Waals surface area contributed by atoms with E-state index in [-0.39, 0.29) is 6.01 Å². The Bertz CT molecular complexity index is 162. The highest BCUT2D eigenvalue weighted by Crippen LogP contribution is 2.15. The topological polar surface area (TPSA) is 0 Å². The molecule has 0 fully saturated rings. The Morgan fingerprint density at radius 3 is 3.11 bits per heavy atom. The van der Waals surface area contributed by atoms with Gasteiger partial charge in [-0.2, -0.15) is 0 Å². The molecule has 1 aromatic carbocycles. The highest BCUT2D eigenvalue weighted by molar-refractivity contribution is 7.99. The van der Waals surface area contributed by atoms with Crippen molar-refractivity contribution in [3.05, 3.63) is 30.3 Å². The normalized spacial score (nSPS) is 9.44. The lowest BCUT2D eigenvalue weighted by Crippen LogP contribution is -1.67. The van der Waals surface area contributed by atoms with Crippen molar-refractivity contribution >= 4 is 11.8 Å². The summed E-state index contributed by atoms with van der Waals surface area (Å²) < 4.78 is 11.6. The molecule has 0 bridgehead atoms. The van der Waals surface area contributed by atoms with E-state index in [2.05, 4.69) is 6.07 Å². The summed E-state index contributed by atoms with van der Waals surface area (Å²) in [5.41, 5.74) is 0. The van der Waals surface area contributed by atoms with Gasteiger partial charge < -0.3 is 0 Å². The smallest absolute Gasteiger partial charge is 0.139 e. The molecule has 1 aromatic rings. The third-order valence-corrected chi connectivity index (χ3v) is 1.60. The zero-order valence-corrected chi connectivity index (χ0v) is 5.62. The van der Waals surface area contributed by atoms with Crippen molar-refractivity contribution in [1.82, 2.24) is 0 Å². The molecule has 0 saturated heterocycles. The summed E-state index contributed by atoms with van der Waals surface area (Å²) in [5.74, 6) is 0. The van der Waals surface area contributed by atoms with Crippen LogP contribution in [0.4, 0.5) is 4.39 Å². The summed E-state index contributed by atoms with van der Waals surface area (Å²) in [4.78, 5) is 0.931. The molecule has 0 aliphatic heterocycles. The van der Waals surface area contributed by atoms with Gasteiger partial charge in [-0.05, 0) is 18.2 Å². The summed E-state index contributed by atoms with van der Waals surface area (Å²) in [6, 6.07) is 9.76. The molecular formula is C7H6FS. The number of hydrogen-bond acceptors (Lipinski definition) is 1. The molecule has 47 valence electrons. The summed E-state index contributed by atoms with van der Waals surface area (Å²) in [5, 5.41) is 0. The van der Waals surface area contributed by atoms with E-state index in [0.717, 1.165) is 4.90 Å². The maximum atomic E-state index is 11.6. The van der Waals surface area contributed by atoms with E-state index in [0.29, 0.717) is 0 Å². The van der Waals surface area contributed by atoms with Gasteiger partial charge in [-0.3, -0.25) is 0 Å². The average Bonchev–Trinajstić information content (AvgIpc) is 1.91. The van der Waals surface area contributed by atoms with Crippen molar-refractivity contribution in [1.29, 1.82) is 0 Å². The molecule has 0 aromatic heterocycles. The molecule has 9 heavy (non-hydrogen) atoms. The van der Waals surface area contributed by atoms with Crippen LogP contribution in [0.3, 0.4) is 0 Å². The third kappa shape index (κ3) is 2.06. The van der Waals surface area contributed by atoms with Crippen LogP contribution < -0.4 is 0 Å². The van der Waals surface area contributed by atoms with Gasteiger partial charge in [0.1, 0.15) is 6.01 Å². The summed E-state index contributed by atoms with van der Waals surface area (Å²) in [6.45, 7) is 0. The fourth-order valence-corrected chi connectivity index (χ4v) is 0.982. The van der Waals surface area contributed by atoms with Gasteiger partial charge in [0.15, 0.2) is 0 Å². The van der Waals surface area contributed by atoms with Crippen LogP contribution in [0.2, 0.25) is 0 Å². The molecule has 0 unspecified atom stereocenters. The minimum atomic E-state index is -0.363. The second-order valence-electron chi connectivity index (χ2n) is 1.49. The van der Waals surface area contributed by atoms with Crippen molar-refractivity contribution in [2.75, 3.05) is 6.01 Å². The first-order valence-electron chi connectivity index (χ1n) is 2.58. The Hall–Kier alpha value is -0.500. The first-order valence-corrected chi connectivity index (χ1v) is 3.57. The molecule has 2 heteroatoms. The standard InChI is InChI=1S/C7H6FS/c8-6-9-7-4-2-1-3-5-7/h1-2,4-5H,6H2. The second-order valence-corrected chi connectivity index (χ2v) is 2.47. The van der Waals surface area contributed by atoms with Gasteiger partial charge in [-0.1, -0.05) is 23.9 Å². The van der Waals surface area contributed by atoms with E-state index in [1.807, 2.05) is 12.1 Å². The zero-order chi connectivity index (χ0) is 6.53. The summed E-state index contributed by atoms with van der Waals surface area (Å²) >= 11 is 1.18. The van der Waals surface area contributed by atoms with Crippen LogP contribution >= 0.6 is 11.8 Å². The van der Waals surface area contributed by atoms with Gasteiger partial charge in [0, 0.05) is 4.90 Å². The third-order valence-electron chi connectivity index (χ3n) is 0.900. The predicted molar refractivity (Wildman–Crippen MR) is 37.1 cm³/mol. The first-order chi connectivity index (χ1) is 4.43. The molecule has 1 radical (unpaired) electrons. The molecular weight excluding hydrogens is 135 g/mol. The Morgan fingerprint density at radius 2 is 2.56 bits per heavy atom. The molecule has 0 N–H and O–H groups in total. The molecule has 0 atom stereocenters. The second kappa shape index (κ2) is 3.51. The average molecular weight is 141 g/mol. The molecule has 0 spiro atoms. The van der Waals surface area contributed by atoms with Crippen LogP contribution in [0.1, 0.15) is 0 Å². The summed E-state index contributed by atoms with van der Waals surface area (Å²) in [6.07, 6.45) is 0. The van der Waals surface area contributed by atoms with Gasteiger partial charge in [0.2, 0.25) is 0 Å². The van der Waals surface area contributed by atoms with Crippen molar-refractivity contribution in [2.24, 2.45) is 0 Å². The fourth-order valence-electron chi connectivity index (χ4n) is 0.530. The van der Waals surface area contributed by atoms with Gasteiger partial charge in [-0.15, -0.1) is 0 Å². The van der Waals surface area contributed by atoms with Gasteiger partial charge in [0.25, 0.3) is 0 Å². The molecule has 0 amide bonds. The van der Waals surface area contributed by atoms with Crippen LogP contribution in [0, 0.1) is 6.07 Å². The Kier molecular flexibility index (Phi) is 2.58. The molecule has 1 rings (SSSR count). The molecule has 0 heterocycles. The molecule has 0 nitrogen and oxygen atoms in total. The Balaban J connectivity index is 2.61. The van der Waals surface area contributed by atoms with E-state index < -0.39 is 0 Å². The number of hydrogen-bond donors (Lipinski definition) is 0. The van der Waals surface area contributed by atoms with Crippen molar-refractivity contribution in [3.8, 4) is 0 Å². The Morgan fingerprint density at radius 1 is 1.67 bits per heavy atom. The summed E-state index contributed by atoms with van der Waals surface area (Å²) in [7, 11) is 0. The van der Waals surface area contributed by atoms with E-state index in [4.69, 9.17) is 0 Å². The monoisotopic (exact) mass is 141 g/mol. The quantitative estimate of drug-likeness (QED) is 0.570. The molecule has 0 aliphatic rings. The van der Waals surface area contributed by atoms with Crippen molar-refractivity contribution < 1.29 is 4.39 Å². The van der Waals surface area contributed by atoms with Gasteiger partial charge in [-0.25, -0.2) is 4.39 Å². The number of rotatable bonds is 2. The maximum Gasteiger partial charge on any atom is 0.139 e.